The monoisotopic (exact) mass is 783 g/mol. The summed E-state index contributed by atoms with van der Waals surface area (Å²) < 4.78 is 29.1. The van der Waals surface area contributed by atoms with Gasteiger partial charge in [0.05, 0.1) is 25.3 Å². The van der Waals surface area contributed by atoms with E-state index in [0.717, 1.165) is 11.1 Å². The van der Waals surface area contributed by atoms with Crippen molar-refractivity contribution in [3.8, 4) is 5.75 Å². The fraction of sp³-hybridized carbons (Fsp3) is 0.600. The zero-order chi connectivity index (χ0) is 37.1. The number of fused-ring (bicyclic) bond motifs is 5. The minimum absolute atomic E-state index is 0.0507. The number of likely N-dealkylation sites (N-methyl/N-ethyl adjacent to an activating group) is 1. The van der Waals surface area contributed by atoms with Crippen LogP contribution in [0.5, 0.6) is 5.75 Å². The molecule has 8 unspecified atom stereocenters. The van der Waals surface area contributed by atoms with E-state index in [4.69, 9.17) is 35.3 Å². The number of hydrogen-bond donors (Lipinski definition) is 2. The standard InChI is InChI=1S/C35H47BrClN3O10/c1-9-28(41)39(5)20(3)32(43)49-27-16-29(42)40(6)23-14-22(15-24(46-7)30(23)37)13-21(18-36)11-10-12-26(47-8)35(45)17-25(48-33(44)38-35)19(2)31-34(27,4)50-31/h10-12,14-15,19-20,25-27,31,45H,9,13,16-18H2,1-8H3,(H,38,44)/b12-10+,21-11-. The van der Waals surface area contributed by atoms with Crippen molar-refractivity contribution in [2.75, 3.05) is 38.5 Å². The van der Waals surface area contributed by atoms with Crippen LogP contribution in [0.25, 0.3) is 0 Å². The predicted molar refractivity (Wildman–Crippen MR) is 189 cm³/mol. The van der Waals surface area contributed by atoms with Crippen LogP contribution in [0.2, 0.25) is 5.02 Å². The van der Waals surface area contributed by atoms with Crippen molar-refractivity contribution >= 4 is 57.1 Å². The molecule has 2 N–H and O–H groups in total. The third kappa shape index (κ3) is 8.31. The minimum atomic E-state index is -1.83. The number of esters is 1. The Kier molecular flexibility index (Phi) is 12.7. The van der Waals surface area contributed by atoms with Crippen molar-refractivity contribution in [3.63, 3.8) is 0 Å². The van der Waals surface area contributed by atoms with E-state index in [9.17, 15) is 24.3 Å². The summed E-state index contributed by atoms with van der Waals surface area (Å²) in [5.41, 5.74) is -0.905. The Balaban J connectivity index is 1.81. The third-order valence-electron chi connectivity index (χ3n) is 9.90. The van der Waals surface area contributed by atoms with Gasteiger partial charge in [-0.3, -0.25) is 14.9 Å². The highest BCUT2D eigenvalue weighted by molar-refractivity contribution is 9.09. The molecule has 2 saturated heterocycles. The zero-order valence-electron chi connectivity index (χ0n) is 29.7. The molecule has 0 radical (unpaired) electrons. The number of allylic oxidation sites excluding steroid dienone is 3. The van der Waals surface area contributed by atoms with Gasteiger partial charge in [0.15, 0.2) is 5.72 Å². The number of benzene rings is 1. The van der Waals surface area contributed by atoms with Crippen molar-refractivity contribution in [1.82, 2.24) is 10.2 Å². The van der Waals surface area contributed by atoms with Crippen LogP contribution in [-0.4, -0.2) is 109 Å². The quantitative estimate of drug-likeness (QED) is 0.232. The van der Waals surface area contributed by atoms with Crippen LogP contribution in [0.1, 0.15) is 52.5 Å². The number of anilines is 1. The van der Waals surface area contributed by atoms with Crippen LogP contribution in [0.3, 0.4) is 0 Å². The fourth-order valence-corrected chi connectivity index (χ4v) is 7.17. The lowest BCUT2D eigenvalue weighted by atomic mass is 9.83. The van der Waals surface area contributed by atoms with E-state index in [-0.39, 0.29) is 30.2 Å². The number of hydrogen-bond acceptors (Lipinski definition) is 10. The summed E-state index contributed by atoms with van der Waals surface area (Å²) in [6.07, 6.45) is 1.15. The van der Waals surface area contributed by atoms with Gasteiger partial charge in [0.25, 0.3) is 0 Å². The Bertz CT molecular complexity index is 1540. The first kappa shape index (κ1) is 39.6. The molecule has 3 amide bonds. The van der Waals surface area contributed by atoms with E-state index in [1.165, 1.54) is 31.1 Å². The molecule has 4 bridgehead atoms. The second kappa shape index (κ2) is 16.0. The lowest BCUT2D eigenvalue weighted by Gasteiger charge is -2.42. The number of nitrogens with zero attached hydrogens (tertiary/aromatic N) is 2. The number of ether oxygens (including phenoxy) is 5. The molecule has 2 fully saturated rings. The molecule has 0 aromatic heterocycles. The number of rotatable bonds is 7. The van der Waals surface area contributed by atoms with Crippen LogP contribution < -0.4 is 15.0 Å². The molecular weight excluding hydrogens is 738 g/mol. The first-order chi connectivity index (χ1) is 23.5. The van der Waals surface area contributed by atoms with Crippen LogP contribution in [0, 0.1) is 5.92 Å². The molecule has 3 aliphatic heterocycles. The van der Waals surface area contributed by atoms with Gasteiger partial charge in [-0.25, -0.2) is 9.59 Å². The molecule has 4 rings (SSSR count). The molecule has 50 heavy (non-hydrogen) atoms. The number of amides is 3. The Morgan fingerprint density at radius 3 is 2.60 bits per heavy atom. The van der Waals surface area contributed by atoms with Crippen LogP contribution in [-0.2, 0) is 39.8 Å². The number of carbonyl (C=O) groups excluding carboxylic acids is 4. The average Bonchev–Trinajstić information content (AvgIpc) is 3.79. The lowest BCUT2D eigenvalue weighted by Crippen LogP contribution is -2.63. The molecule has 15 heteroatoms. The maximum Gasteiger partial charge on any atom is 0.409 e. The predicted octanol–water partition coefficient (Wildman–Crippen LogP) is 4.30. The number of carbonyl (C=O) groups is 4. The number of halogens is 2. The number of nitrogens with one attached hydrogen (secondary N) is 1. The second-order valence-corrected chi connectivity index (χ2v) is 14.1. The van der Waals surface area contributed by atoms with Crippen molar-refractivity contribution < 1.29 is 48.0 Å². The van der Waals surface area contributed by atoms with Gasteiger partial charge in [0, 0.05) is 45.3 Å². The number of alkyl carbamates (subject to hydrolysis) is 1. The van der Waals surface area contributed by atoms with Gasteiger partial charge in [-0.05, 0) is 38.0 Å². The molecule has 3 aliphatic rings. The van der Waals surface area contributed by atoms with E-state index in [0.29, 0.717) is 23.2 Å². The summed E-state index contributed by atoms with van der Waals surface area (Å²) in [6.45, 7) is 6.75. The van der Waals surface area contributed by atoms with Gasteiger partial charge in [0.2, 0.25) is 11.8 Å². The SMILES string of the molecule is CCC(=O)N(C)C(C)C(=O)OC1CC(=O)N(C)c2cc(cc(OC)c2Cl)C/C(CBr)=C/C=C/C(OC)C2(O)CC(OC(=O)N2)C(C)C2OC12C. The fourth-order valence-electron chi connectivity index (χ4n) is 6.47. The molecule has 1 aromatic carbocycles. The summed E-state index contributed by atoms with van der Waals surface area (Å²) in [6, 6.07) is 2.63. The summed E-state index contributed by atoms with van der Waals surface area (Å²) >= 11 is 10.3. The molecule has 276 valence electrons. The van der Waals surface area contributed by atoms with E-state index < -0.39 is 65.7 Å². The van der Waals surface area contributed by atoms with Gasteiger partial charge in [-0.15, -0.1) is 0 Å². The highest BCUT2D eigenvalue weighted by Crippen LogP contribution is 2.49. The number of alkyl halides is 1. The summed E-state index contributed by atoms with van der Waals surface area (Å²) in [4.78, 5) is 55.4. The molecule has 0 aliphatic carbocycles. The minimum Gasteiger partial charge on any atom is -0.495 e. The van der Waals surface area contributed by atoms with Gasteiger partial charge < -0.3 is 38.6 Å². The van der Waals surface area contributed by atoms with E-state index in [2.05, 4.69) is 21.2 Å². The molecule has 0 spiro atoms. The van der Waals surface area contributed by atoms with Gasteiger partial charge in [-0.1, -0.05) is 65.2 Å². The summed E-state index contributed by atoms with van der Waals surface area (Å²) in [7, 11) is 6.00. The van der Waals surface area contributed by atoms with Gasteiger partial charge in [0.1, 0.15) is 40.7 Å². The van der Waals surface area contributed by atoms with E-state index >= 15 is 0 Å². The van der Waals surface area contributed by atoms with Crippen LogP contribution in [0.4, 0.5) is 10.5 Å². The third-order valence-corrected chi connectivity index (χ3v) is 11.0. The van der Waals surface area contributed by atoms with Crippen molar-refractivity contribution in [1.29, 1.82) is 0 Å². The Morgan fingerprint density at radius 2 is 1.98 bits per heavy atom. The molecule has 0 saturated carbocycles. The van der Waals surface area contributed by atoms with Crippen LogP contribution >= 0.6 is 27.5 Å². The highest BCUT2D eigenvalue weighted by atomic mass is 79.9. The van der Waals surface area contributed by atoms with Crippen LogP contribution in [0.15, 0.2) is 35.9 Å². The Hall–Kier alpha value is -3.17. The smallest absolute Gasteiger partial charge is 0.409 e. The second-order valence-electron chi connectivity index (χ2n) is 13.2. The molecular formula is C35H47BrClN3O10. The summed E-state index contributed by atoms with van der Waals surface area (Å²) in [5.74, 6) is -1.56. The Labute approximate surface area is 306 Å². The average molecular weight is 785 g/mol. The van der Waals surface area contributed by atoms with Gasteiger partial charge in [-0.2, -0.15) is 0 Å². The largest absolute Gasteiger partial charge is 0.495 e. The zero-order valence-corrected chi connectivity index (χ0v) is 32.0. The maximum atomic E-state index is 14.1. The topological polar surface area (TPSA) is 156 Å². The molecule has 1 aromatic rings. The molecule has 8 atom stereocenters. The normalized spacial score (nSPS) is 32.3. The first-order valence-corrected chi connectivity index (χ1v) is 18.0. The number of aliphatic hydroxyl groups is 1. The number of methoxy groups -OCH3 is 2. The molecule has 3 heterocycles. The lowest BCUT2D eigenvalue weighted by molar-refractivity contribution is -0.162. The van der Waals surface area contributed by atoms with Crippen molar-refractivity contribution in [3.05, 3.63) is 46.5 Å². The Morgan fingerprint density at radius 1 is 1.28 bits per heavy atom. The maximum absolute atomic E-state index is 14.1. The van der Waals surface area contributed by atoms with E-state index in [1.807, 2.05) is 6.08 Å². The highest BCUT2D eigenvalue weighted by Gasteiger charge is 2.64. The first-order valence-electron chi connectivity index (χ1n) is 16.5. The number of epoxide rings is 1. The van der Waals surface area contributed by atoms with Gasteiger partial charge >= 0.3 is 12.1 Å². The molecule has 13 nitrogen and oxygen atoms in total. The van der Waals surface area contributed by atoms with E-state index in [1.54, 1.807) is 59.0 Å². The van der Waals surface area contributed by atoms with Crippen molar-refractivity contribution in [2.45, 2.75) is 95.2 Å². The van der Waals surface area contributed by atoms with Crippen molar-refractivity contribution in [2.24, 2.45) is 5.92 Å². The summed E-state index contributed by atoms with van der Waals surface area (Å²) in [5, 5.41) is 15.0.